The van der Waals surface area contributed by atoms with Crippen LogP contribution in [0.5, 0.6) is 0 Å². The highest BCUT2D eigenvalue weighted by molar-refractivity contribution is 5.80. The van der Waals surface area contributed by atoms with E-state index in [1.807, 2.05) is 0 Å². The van der Waals surface area contributed by atoms with Gasteiger partial charge < -0.3 is 10.4 Å². The molecule has 5 heteroatoms. The Bertz CT molecular complexity index is 210. The number of carboxylic acid groups (broad SMARTS) is 1. The lowest BCUT2D eigenvalue weighted by Crippen LogP contribution is -2.28. The molecule has 0 aromatic heterocycles. The molecule has 0 fully saturated rings. The first kappa shape index (κ1) is 19.1. The van der Waals surface area contributed by atoms with E-state index in [9.17, 15) is 9.59 Å². The third-order valence-corrected chi connectivity index (χ3v) is 2.44. The summed E-state index contributed by atoms with van der Waals surface area (Å²) in [5.74, 6) is -1.15. The molecule has 0 rings (SSSR count). The van der Waals surface area contributed by atoms with E-state index in [1.54, 1.807) is 0 Å². The maximum Gasteiger partial charge on any atom is 0.322 e. The minimum Gasteiger partial charge on any atom is -0.480 e. The van der Waals surface area contributed by atoms with Gasteiger partial charge in [-0.25, -0.2) is 0 Å². The number of carbonyl (C=O) groups excluding carboxylic acids is 1. The molecule has 96 valence electrons. The van der Waals surface area contributed by atoms with Crippen molar-refractivity contribution in [2.45, 2.75) is 58.3 Å². The number of hydrogen-bond acceptors (Lipinski definition) is 2. The molecule has 4 nitrogen and oxygen atoms in total. The summed E-state index contributed by atoms with van der Waals surface area (Å²) in [6.07, 6.45) is 8.60. The van der Waals surface area contributed by atoms with E-state index >= 15 is 0 Å². The van der Waals surface area contributed by atoms with Gasteiger partial charge >= 0.3 is 5.97 Å². The van der Waals surface area contributed by atoms with E-state index in [-0.39, 0.29) is 35.5 Å². The maximum absolute atomic E-state index is 11.1. The molecule has 0 heterocycles. The number of amides is 1. The summed E-state index contributed by atoms with van der Waals surface area (Å²) >= 11 is 0. The predicted molar refractivity (Wildman–Crippen MR) is 69.0 cm³/mol. The van der Waals surface area contributed by atoms with Crippen molar-refractivity contribution in [3.63, 3.8) is 0 Å². The first-order chi connectivity index (χ1) is 7.66. The zero-order chi connectivity index (χ0) is 12.2. The summed E-state index contributed by atoms with van der Waals surface area (Å²) in [6.45, 7) is 1.92. The third-order valence-electron chi connectivity index (χ3n) is 2.44. The Morgan fingerprint density at radius 1 is 1.00 bits per heavy atom. The van der Waals surface area contributed by atoms with Crippen LogP contribution in [-0.4, -0.2) is 46.6 Å². The van der Waals surface area contributed by atoms with Crippen LogP contribution in [0.4, 0.5) is 0 Å². The highest BCUT2D eigenvalue weighted by Gasteiger charge is 2.02. The van der Waals surface area contributed by atoms with Crippen LogP contribution in [0.1, 0.15) is 58.3 Å². The molecule has 17 heavy (non-hydrogen) atoms. The predicted octanol–water partition coefficient (Wildman–Crippen LogP) is 1.95. The Balaban J connectivity index is 0. The molecule has 0 spiro atoms. The van der Waals surface area contributed by atoms with Crippen molar-refractivity contribution in [2.24, 2.45) is 0 Å². The van der Waals surface area contributed by atoms with E-state index in [2.05, 4.69) is 12.2 Å². The maximum atomic E-state index is 11.1. The van der Waals surface area contributed by atoms with Gasteiger partial charge in [-0.3, -0.25) is 9.59 Å². The van der Waals surface area contributed by atoms with Gasteiger partial charge in [0.05, 0.1) is 0 Å². The van der Waals surface area contributed by atoms with Gasteiger partial charge in [0.2, 0.25) is 5.91 Å². The SMILES string of the molecule is CCCCCCCCCC(=O)NCC(=O)O.[Mg]. The fourth-order valence-electron chi connectivity index (χ4n) is 1.51. The Labute approximate surface area is 120 Å². The fraction of sp³-hybridized carbons (Fsp3) is 0.833. The van der Waals surface area contributed by atoms with Gasteiger partial charge in [0, 0.05) is 29.5 Å². The van der Waals surface area contributed by atoms with Crippen molar-refractivity contribution < 1.29 is 14.7 Å². The van der Waals surface area contributed by atoms with Crippen molar-refractivity contribution in [3.05, 3.63) is 0 Å². The standard InChI is InChI=1S/C12H23NO3.Mg/c1-2-3-4-5-6-7-8-9-11(14)13-10-12(15)16;/h2-10H2,1H3,(H,13,14)(H,15,16);. The van der Waals surface area contributed by atoms with Gasteiger partial charge in [-0.1, -0.05) is 45.4 Å². The molecule has 0 saturated carbocycles. The van der Waals surface area contributed by atoms with Gasteiger partial charge in [0.25, 0.3) is 0 Å². The van der Waals surface area contributed by atoms with Crippen LogP contribution in [0.25, 0.3) is 0 Å². The number of rotatable bonds is 10. The van der Waals surface area contributed by atoms with E-state index in [0.717, 1.165) is 12.8 Å². The first-order valence-corrected chi connectivity index (χ1v) is 6.15. The number of nitrogens with one attached hydrogen (secondary N) is 1. The first-order valence-electron chi connectivity index (χ1n) is 6.15. The number of unbranched alkanes of at least 4 members (excludes halogenated alkanes) is 6. The van der Waals surface area contributed by atoms with E-state index < -0.39 is 5.97 Å². The summed E-state index contributed by atoms with van der Waals surface area (Å²) in [7, 11) is 0. The molecule has 0 atom stereocenters. The average molecular weight is 254 g/mol. The van der Waals surface area contributed by atoms with Crippen LogP contribution in [0.3, 0.4) is 0 Å². The molecule has 0 aromatic carbocycles. The van der Waals surface area contributed by atoms with Crippen molar-refractivity contribution in [1.82, 2.24) is 5.32 Å². The van der Waals surface area contributed by atoms with Crippen LogP contribution in [0, 0.1) is 0 Å². The zero-order valence-corrected chi connectivity index (χ0v) is 12.2. The number of hydrogen-bond donors (Lipinski definition) is 2. The molecular formula is C12H23MgNO3. The molecule has 0 bridgehead atoms. The van der Waals surface area contributed by atoms with Crippen molar-refractivity contribution in [3.8, 4) is 0 Å². The van der Waals surface area contributed by atoms with Crippen LogP contribution in [-0.2, 0) is 9.59 Å². The minimum atomic E-state index is -0.993. The number of carboxylic acids is 1. The van der Waals surface area contributed by atoms with E-state index in [1.165, 1.54) is 32.1 Å². The van der Waals surface area contributed by atoms with Crippen molar-refractivity contribution in [2.75, 3.05) is 6.54 Å². The molecule has 0 aliphatic heterocycles. The Morgan fingerprint density at radius 2 is 1.53 bits per heavy atom. The normalized spacial score (nSPS) is 9.47. The summed E-state index contributed by atoms with van der Waals surface area (Å²) in [5, 5.41) is 10.7. The summed E-state index contributed by atoms with van der Waals surface area (Å²) < 4.78 is 0. The second-order valence-corrected chi connectivity index (χ2v) is 4.04. The fourth-order valence-corrected chi connectivity index (χ4v) is 1.51. The molecule has 0 aliphatic rings. The number of aliphatic carboxylic acids is 1. The molecule has 0 aromatic rings. The van der Waals surface area contributed by atoms with Crippen molar-refractivity contribution in [1.29, 1.82) is 0 Å². The highest BCUT2D eigenvalue weighted by atomic mass is 24.3. The number of carbonyl (C=O) groups is 2. The lowest BCUT2D eigenvalue weighted by Gasteiger charge is -2.02. The Hall–Kier alpha value is -0.294. The molecule has 0 aliphatic carbocycles. The monoisotopic (exact) mass is 253 g/mol. The Morgan fingerprint density at radius 3 is 2.06 bits per heavy atom. The quantitative estimate of drug-likeness (QED) is 0.462. The second kappa shape index (κ2) is 13.8. The lowest BCUT2D eigenvalue weighted by atomic mass is 10.1. The van der Waals surface area contributed by atoms with Gasteiger partial charge in [0.1, 0.15) is 6.54 Å². The summed E-state index contributed by atoms with van der Waals surface area (Å²) in [5.41, 5.74) is 0. The van der Waals surface area contributed by atoms with Crippen LogP contribution in [0.15, 0.2) is 0 Å². The van der Waals surface area contributed by atoms with Crippen molar-refractivity contribution >= 4 is 34.9 Å². The van der Waals surface area contributed by atoms with Crippen LogP contribution in [0.2, 0.25) is 0 Å². The molecule has 2 N–H and O–H groups in total. The molecule has 1 amide bonds. The third kappa shape index (κ3) is 15.7. The van der Waals surface area contributed by atoms with Crippen LogP contribution < -0.4 is 5.32 Å². The van der Waals surface area contributed by atoms with Gasteiger partial charge in [-0.15, -0.1) is 0 Å². The van der Waals surface area contributed by atoms with Gasteiger partial charge in [0.15, 0.2) is 0 Å². The second-order valence-electron chi connectivity index (χ2n) is 4.04. The topological polar surface area (TPSA) is 66.4 Å². The summed E-state index contributed by atoms with van der Waals surface area (Å²) in [4.78, 5) is 21.3. The largest absolute Gasteiger partial charge is 0.480 e. The van der Waals surface area contributed by atoms with E-state index in [0.29, 0.717) is 6.42 Å². The molecular weight excluding hydrogens is 230 g/mol. The molecule has 2 radical (unpaired) electrons. The molecule has 0 saturated heterocycles. The average Bonchev–Trinajstić information content (AvgIpc) is 2.25. The smallest absolute Gasteiger partial charge is 0.322 e. The van der Waals surface area contributed by atoms with Gasteiger partial charge in [-0.2, -0.15) is 0 Å². The minimum absolute atomic E-state index is 0. The van der Waals surface area contributed by atoms with Crippen LogP contribution >= 0.6 is 0 Å². The highest BCUT2D eigenvalue weighted by Crippen LogP contribution is 2.08. The zero-order valence-electron chi connectivity index (χ0n) is 10.8. The summed E-state index contributed by atoms with van der Waals surface area (Å²) in [6, 6.07) is 0. The molecule has 0 unspecified atom stereocenters. The lowest BCUT2D eigenvalue weighted by molar-refractivity contribution is -0.137. The Kier molecular flexibility index (Phi) is 15.4. The van der Waals surface area contributed by atoms with Gasteiger partial charge in [-0.05, 0) is 6.42 Å². The van der Waals surface area contributed by atoms with E-state index in [4.69, 9.17) is 5.11 Å².